The molecule has 0 fully saturated rings. The van der Waals surface area contributed by atoms with Crippen molar-refractivity contribution in [3.8, 4) is 5.75 Å². The molecule has 0 saturated heterocycles. The predicted octanol–water partition coefficient (Wildman–Crippen LogP) is 2.48. The number of para-hydroxylation sites is 1. The Labute approximate surface area is 134 Å². The molecule has 0 radical (unpaired) electrons. The zero-order valence-electron chi connectivity index (χ0n) is 13.0. The molecule has 0 heterocycles. The van der Waals surface area contributed by atoms with E-state index >= 15 is 0 Å². The SMILES string of the molecule is COc1ccccc1/C=C/C(=O)NNC(=O)c1cccc(C)c1. The molecule has 5 nitrogen and oxygen atoms in total. The van der Waals surface area contributed by atoms with Crippen LogP contribution in [-0.4, -0.2) is 18.9 Å². The van der Waals surface area contributed by atoms with Gasteiger partial charge in [0.2, 0.25) is 0 Å². The van der Waals surface area contributed by atoms with Gasteiger partial charge in [-0.3, -0.25) is 20.4 Å². The van der Waals surface area contributed by atoms with E-state index in [0.29, 0.717) is 11.3 Å². The van der Waals surface area contributed by atoms with Crippen LogP contribution in [0, 0.1) is 6.92 Å². The van der Waals surface area contributed by atoms with Crippen LogP contribution in [0.25, 0.3) is 6.08 Å². The maximum Gasteiger partial charge on any atom is 0.269 e. The molecule has 0 aliphatic carbocycles. The predicted molar refractivity (Wildman–Crippen MR) is 88.8 cm³/mol. The number of methoxy groups -OCH3 is 1. The van der Waals surface area contributed by atoms with E-state index in [1.807, 2.05) is 31.2 Å². The van der Waals surface area contributed by atoms with E-state index in [0.717, 1.165) is 11.1 Å². The van der Waals surface area contributed by atoms with E-state index < -0.39 is 5.91 Å². The molecule has 2 N–H and O–H groups in total. The third-order valence-electron chi connectivity index (χ3n) is 3.13. The summed E-state index contributed by atoms with van der Waals surface area (Å²) in [6.07, 6.45) is 2.95. The molecule has 0 aliphatic heterocycles. The van der Waals surface area contributed by atoms with Gasteiger partial charge in [-0.05, 0) is 31.2 Å². The first kappa shape index (κ1) is 16.3. The lowest BCUT2D eigenvalue weighted by atomic mass is 10.1. The highest BCUT2D eigenvalue weighted by Crippen LogP contribution is 2.18. The maximum atomic E-state index is 11.9. The number of amides is 2. The summed E-state index contributed by atoms with van der Waals surface area (Å²) in [5.41, 5.74) is 6.94. The molecule has 0 aliphatic rings. The molecular formula is C18H18N2O3. The van der Waals surface area contributed by atoms with Gasteiger partial charge >= 0.3 is 0 Å². The largest absolute Gasteiger partial charge is 0.496 e. The number of hydrogen-bond donors (Lipinski definition) is 2. The summed E-state index contributed by atoms with van der Waals surface area (Å²) in [5.74, 6) is -0.134. The summed E-state index contributed by atoms with van der Waals surface area (Å²) < 4.78 is 5.19. The van der Waals surface area contributed by atoms with Gasteiger partial charge in [-0.2, -0.15) is 0 Å². The molecule has 0 atom stereocenters. The van der Waals surface area contributed by atoms with Crippen molar-refractivity contribution in [3.63, 3.8) is 0 Å². The standard InChI is InChI=1S/C18H18N2O3/c1-13-6-5-8-15(12-13)18(22)20-19-17(21)11-10-14-7-3-4-9-16(14)23-2/h3-12H,1-2H3,(H,19,21)(H,20,22)/b11-10+. The van der Waals surface area contributed by atoms with Crippen LogP contribution in [-0.2, 0) is 4.79 Å². The minimum absolute atomic E-state index is 0.368. The first-order valence-corrected chi connectivity index (χ1v) is 7.08. The average molecular weight is 310 g/mol. The highest BCUT2D eigenvalue weighted by molar-refractivity contribution is 5.98. The Morgan fingerprint density at radius 3 is 2.57 bits per heavy atom. The number of hydrogen-bond acceptors (Lipinski definition) is 3. The number of nitrogens with one attached hydrogen (secondary N) is 2. The van der Waals surface area contributed by atoms with Crippen molar-refractivity contribution in [1.82, 2.24) is 10.9 Å². The maximum absolute atomic E-state index is 11.9. The summed E-state index contributed by atoms with van der Waals surface area (Å²) in [6, 6.07) is 14.4. The van der Waals surface area contributed by atoms with Crippen molar-refractivity contribution in [2.75, 3.05) is 7.11 Å². The fourth-order valence-corrected chi connectivity index (χ4v) is 1.99. The van der Waals surface area contributed by atoms with E-state index in [2.05, 4.69) is 10.9 Å². The van der Waals surface area contributed by atoms with Gasteiger partial charge in [-0.15, -0.1) is 0 Å². The highest BCUT2D eigenvalue weighted by atomic mass is 16.5. The quantitative estimate of drug-likeness (QED) is 0.673. The Morgan fingerprint density at radius 1 is 1.04 bits per heavy atom. The normalized spacial score (nSPS) is 10.3. The fourth-order valence-electron chi connectivity index (χ4n) is 1.99. The third kappa shape index (κ3) is 4.71. The molecular weight excluding hydrogens is 292 g/mol. The number of ether oxygens (including phenoxy) is 1. The van der Waals surface area contributed by atoms with Gasteiger partial charge in [0.25, 0.3) is 11.8 Å². The molecule has 2 aromatic carbocycles. The van der Waals surface area contributed by atoms with Crippen molar-refractivity contribution in [1.29, 1.82) is 0 Å². The second-order valence-corrected chi connectivity index (χ2v) is 4.89. The Morgan fingerprint density at radius 2 is 1.83 bits per heavy atom. The number of aryl methyl sites for hydroxylation is 1. The van der Waals surface area contributed by atoms with Crippen LogP contribution >= 0.6 is 0 Å². The van der Waals surface area contributed by atoms with Crippen molar-refractivity contribution in [2.45, 2.75) is 6.92 Å². The first-order valence-electron chi connectivity index (χ1n) is 7.08. The molecule has 0 aromatic heterocycles. The van der Waals surface area contributed by atoms with Crippen molar-refractivity contribution in [3.05, 3.63) is 71.3 Å². The van der Waals surface area contributed by atoms with Crippen molar-refractivity contribution < 1.29 is 14.3 Å². The Kier molecular flexibility index (Phi) is 5.52. The van der Waals surface area contributed by atoms with E-state index in [9.17, 15) is 9.59 Å². The second-order valence-electron chi connectivity index (χ2n) is 4.89. The average Bonchev–Trinajstić information content (AvgIpc) is 2.58. The smallest absolute Gasteiger partial charge is 0.269 e. The lowest BCUT2D eigenvalue weighted by molar-refractivity contribution is -0.117. The number of carbonyl (C=O) groups excluding carboxylic acids is 2. The molecule has 0 spiro atoms. The number of benzene rings is 2. The van der Waals surface area contributed by atoms with Gasteiger partial charge in [0.15, 0.2) is 0 Å². The Hall–Kier alpha value is -3.08. The molecule has 0 bridgehead atoms. The van der Waals surface area contributed by atoms with Gasteiger partial charge in [-0.1, -0.05) is 35.9 Å². The van der Waals surface area contributed by atoms with E-state index in [4.69, 9.17) is 4.74 Å². The summed E-state index contributed by atoms with van der Waals surface area (Å²) >= 11 is 0. The summed E-state index contributed by atoms with van der Waals surface area (Å²) in [4.78, 5) is 23.7. The Balaban J connectivity index is 1.92. The molecule has 118 valence electrons. The fraction of sp³-hybridized carbons (Fsp3) is 0.111. The van der Waals surface area contributed by atoms with Crippen molar-refractivity contribution in [2.24, 2.45) is 0 Å². The number of hydrazine groups is 1. The summed E-state index contributed by atoms with van der Waals surface area (Å²) in [7, 11) is 1.56. The molecule has 2 rings (SSSR count). The van der Waals surface area contributed by atoms with Crippen LogP contribution in [0.3, 0.4) is 0 Å². The van der Waals surface area contributed by atoms with Gasteiger partial charge in [0.1, 0.15) is 5.75 Å². The number of carbonyl (C=O) groups is 2. The minimum atomic E-state index is -0.433. The lowest BCUT2D eigenvalue weighted by Crippen LogP contribution is -2.40. The molecule has 2 amide bonds. The first-order chi connectivity index (χ1) is 11.1. The minimum Gasteiger partial charge on any atom is -0.496 e. The van der Waals surface area contributed by atoms with Crippen LogP contribution in [0.2, 0.25) is 0 Å². The third-order valence-corrected chi connectivity index (χ3v) is 3.13. The lowest BCUT2D eigenvalue weighted by Gasteiger charge is -2.06. The second kappa shape index (κ2) is 7.79. The zero-order valence-corrected chi connectivity index (χ0v) is 13.0. The van der Waals surface area contributed by atoms with E-state index in [1.54, 1.807) is 37.5 Å². The molecule has 23 heavy (non-hydrogen) atoms. The van der Waals surface area contributed by atoms with Crippen LogP contribution < -0.4 is 15.6 Å². The van der Waals surface area contributed by atoms with Gasteiger partial charge in [0.05, 0.1) is 7.11 Å². The molecule has 0 saturated carbocycles. The van der Waals surface area contributed by atoms with Crippen LogP contribution in [0.15, 0.2) is 54.6 Å². The van der Waals surface area contributed by atoms with E-state index in [1.165, 1.54) is 6.08 Å². The Bertz CT molecular complexity index is 739. The monoisotopic (exact) mass is 310 g/mol. The van der Waals surface area contributed by atoms with E-state index in [-0.39, 0.29) is 5.91 Å². The van der Waals surface area contributed by atoms with Gasteiger partial charge < -0.3 is 4.74 Å². The summed E-state index contributed by atoms with van der Waals surface area (Å²) in [6.45, 7) is 1.89. The topological polar surface area (TPSA) is 67.4 Å². The van der Waals surface area contributed by atoms with Crippen molar-refractivity contribution >= 4 is 17.9 Å². The molecule has 2 aromatic rings. The molecule has 0 unspecified atom stereocenters. The summed E-state index contributed by atoms with van der Waals surface area (Å²) in [5, 5.41) is 0. The number of rotatable bonds is 4. The highest BCUT2D eigenvalue weighted by Gasteiger charge is 2.06. The van der Waals surface area contributed by atoms with Crippen LogP contribution in [0.4, 0.5) is 0 Å². The van der Waals surface area contributed by atoms with Crippen LogP contribution in [0.1, 0.15) is 21.5 Å². The van der Waals surface area contributed by atoms with Crippen LogP contribution in [0.5, 0.6) is 5.75 Å². The molecule has 5 heteroatoms. The van der Waals surface area contributed by atoms with Gasteiger partial charge in [0, 0.05) is 17.2 Å². The van der Waals surface area contributed by atoms with Gasteiger partial charge in [-0.25, -0.2) is 0 Å². The zero-order chi connectivity index (χ0) is 16.7.